The van der Waals surface area contributed by atoms with Gasteiger partial charge in [0, 0.05) is 36.8 Å². The zero-order chi connectivity index (χ0) is 61.2. The third-order valence-corrected chi connectivity index (χ3v) is 15.0. The molecule has 2 aromatic heterocycles. The minimum Gasteiger partial charge on any atom is -0.480 e. The molecule has 4 aromatic carbocycles. The molecular formula is C61H66F4N8O12. The summed E-state index contributed by atoms with van der Waals surface area (Å²) >= 11 is 0. The molecule has 10 rings (SSSR count). The maximum atomic E-state index is 14.8. The number of aliphatic carboxylic acids is 1. The number of nitrogens with zero attached hydrogens (tertiary/aromatic N) is 6. The maximum absolute atomic E-state index is 14.8. The molecule has 0 spiro atoms. The van der Waals surface area contributed by atoms with Crippen molar-refractivity contribution in [3.05, 3.63) is 108 Å². The molecule has 3 N–H and O–H groups in total. The van der Waals surface area contributed by atoms with Crippen LogP contribution in [-0.4, -0.2) is 152 Å². The third kappa shape index (κ3) is 14.5. The van der Waals surface area contributed by atoms with Gasteiger partial charge >= 0.3 is 24.1 Å². The van der Waals surface area contributed by atoms with Crippen molar-refractivity contribution < 1.29 is 75.1 Å². The Hall–Kier alpha value is -8.70. The van der Waals surface area contributed by atoms with Crippen molar-refractivity contribution in [3.63, 3.8) is 0 Å². The van der Waals surface area contributed by atoms with E-state index in [0.29, 0.717) is 55.7 Å². The molecule has 2 fully saturated rings. The van der Waals surface area contributed by atoms with Crippen molar-refractivity contribution in [2.75, 3.05) is 33.4 Å². The molecule has 4 aliphatic heterocycles. The molecule has 450 valence electrons. The Bertz CT molecular complexity index is 3520. The van der Waals surface area contributed by atoms with Gasteiger partial charge in [-0.2, -0.15) is 0 Å². The zero-order valence-corrected chi connectivity index (χ0v) is 47.9. The van der Waals surface area contributed by atoms with E-state index >= 15 is 0 Å². The molecule has 0 aliphatic carbocycles. The number of methoxy groups -OCH3 is 1. The number of hydrogen-bond donors (Lipinski definition) is 3. The zero-order valence-electron chi connectivity index (χ0n) is 47.9. The fourth-order valence-corrected chi connectivity index (χ4v) is 10.5. The Morgan fingerprint density at radius 3 is 1.36 bits per heavy atom. The topological polar surface area (TPSA) is 251 Å². The minimum atomic E-state index is -3.34. The number of nitrogens with one attached hydrogen (secondary N) is 2. The molecule has 24 heteroatoms. The quantitative estimate of drug-likeness (QED) is 0.0831. The fraction of sp³-hybridized carbons (Fsp3) is 0.443. The highest BCUT2D eigenvalue weighted by atomic mass is 19.3. The number of alkyl carbamates (subject to hydrolysis) is 2. The number of cyclic esters (lactones) is 2. The highest BCUT2D eigenvalue weighted by molar-refractivity contribution is 5.92. The van der Waals surface area contributed by atoms with Crippen molar-refractivity contribution >= 4 is 58.0 Å². The molecule has 20 nitrogen and oxygen atoms in total. The van der Waals surface area contributed by atoms with Gasteiger partial charge in [0.1, 0.15) is 47.8 Å². The van der Waals surface area contributed by atoms with E-state index in [0.717, 1.165) is 4.90 Å². The summed E-state index contributed by atoms with van der Waals surface area (Å²) in [5.74, 6) is -9.54. The van der Waals surface area contributed by atoms with Crippen LogP contribution < -0.4 is 20.1 Å². The lowest BCUT2D eigenvalue weighted by Crippen LogP contribution is -2.57. The number of benzene rings is 4. The Labute approximate surface area is 486 Å². The predicted octanol–water partition coefficient (Wildman–Crippen LogP) is 8.99. The van der Waals surface area contributed by atoms with Crippen molar-refractivity contribution in [2.45, 2.75) is 128 Å². The van der Waals surface area contributed by atoms with Crippen LogP contribution in [0.1, 0.15) is 78.4 Å². The first-order valence-corrected chi connectivity index (χ1v) is 27.7. The summed E-state index contributed by atoms with van der Waals surface area (Å²) in [4.78, 5) is 99.3. The Balaban J connectivity index is 0.000000204. The average molecular weight is 1180 g/mol. The summed E-state index contributed by atoms with van der Waals surface area (Å²) in [6, 6.07) is 23.6. The maximum Gasteiger partial charge on any atom is 0.408 e. The van der Waals surface area contributed by atoms with Gasteiger partial charge in [-0.05, 0) is 71.2 Å². The number of carbonyl (C=O) groups is 6. The largest absolute Gasteiger partial charge is 0.480 e. The van der Waals surface area contributed by atoms with Gasteiger partial charge < -0.3 is 49.2 Å². The number of rotatable bonds is 2. The van der Waals surface area contributed by atoms with E-state index in [2.05, 4.69) is 15.6 Å². The number of ether oxygens (including phenoxy) is 5. The molecular weight excluding hydrogens is 1110 g/mol. The number of aromatic nitrogens is 4. The molecule has 4 aliphatic rings. The van der Waals surface area contributed by atoms with E-state index in [1.54, 1.807) is 114 Å². The van der Waals surface area contributed by atoms with Gasteiger partial charge in [-0.15, -0.1) is 0 Å². The Morgan fingerprint density at radius 2 is 0.976 bits per heavy atom. The van der Waals surface area contributed by atoms with Crippen molar-refractivity contribution in [1.29, 1.82) is 0 Å². The number of hydrogen-bond acceptors (Lipinski definition) is 15. The number of carboxylic acids is 1. The van der Waals surface area contributed by atoms with Crippen LogP contribution in [0.15, 0.2) is 97.1 Å². The van der Waals surface area contributed by atoms with Crippen LogP contribution in [0.2, 0.25) is 0 Å². The summed E-state index contributed by atoms with van der Waals surface area (Å²) < 4.78 is 86.6. The lowest BCUT2D eigenvalue weighted by atomic mass is 9.85. The number of para-hydroxylation sites is 4. The van der Waals surface area contributed by atoms with E-state index in [1.165, 1.54) is 12.0 Å². The number of carbonyl (C=O) groups excluding carboxylic acids is 5. The summed E-state index contributed by atoms with van der Waals surface area (Å²) in [6.07, 6.45) is -4.89. The number of fused-ring (bicyclic) bond motifs is 14. The van der Waals surface area contributed by atoms with E-state index in [-0.39, 0.29) is 50.5 Å². The lowest BCUT2D eigenvalue weighted by Gasteiger charge is -2.34. The van der Waals surface area contributed by atoms with E-state index in [4.69, 9.17) is 38.6 Å². The monoisotopic (exact) mass is 1180 g/mol. The van der Waals surface area contributed by atoms with Crippen LogP contribution in [0.5, 0.6) is 11.8 Å². The number of alkyl halides is 4. The molecule has 8 bridgehead atoms. The number of carboxylic acid groups (broad SMARTS) is 1. The van der Waals surface area contributed by atoms with Gasteiger partial charge in [0.2, 0.25) is 23.6 Å². The highest BCUT2D eigenvalue weighted by Crippen LogP contribution is 2.37. The summed E-state index contributed by atoms with van der Waals surface area (Å²) in [5.41, 5.74) is 3.74. The molecule has 4 amide bonds. The fourth-order valence-electron chi connectivity index (χ4n) is 10.5. The molecule has 6 heterocycles. The summed E-state index contributed by atoms with van der Waals surface area (Å²) in [5, 5.41) is 14.8. The second-order valence-electron chi connectivity index (χ2n) is 23.7. The normalized spacial score (nSPS) is 23.0. The van der Waals surface area contributed by atoms with Gasteiger partial charge in [-0.3, -0.25) is 9.59 Å². The number of amides is 4. The van der Waals surface area contributed by atoms with Gasteiger partial charge in [-0.25, -0.2) is 56.7 Å². The van der Waals surface area contributed by atoms with E-state index in [1.807, 2.05) is 24.3 Å². The van der Waals surface area contributed by atoms with E-state index < -0.39 is 121 Å². The molecule has 0 unspecified atom stereocenters. The smallest absolute Gasteiger partial charge is 0.408 e. The van der Waals surface area contributed by atoms with E-state index in [9.17, 15) is 51.4 Å². The molecule has 85 heavy (non-hydrogen) atoms. The second kappa shape index (κ2) is 24.5. The van der Waals surface area contributed by atoms with Crippen LogP contribution in [-0.2, 0) is 46.2 Å². The van der Waals surface area contributed by atoms with Gasteiger partial charge in [0.25, 0.3) is 11.8 Å². The third-order valence-electron chi connectivity index (χ3n) is 15.0. The van der Waals surface area contributed by atoms with Gasteiger partial charge in [0.15, 0.2) is 13.2 Å². The SMILES string of the molecule is CC(C)(C)[C@@H]1NC(=O)OCC(F)(F)CCc2cccc(c2)-c2nc3ccccc3nc2O[C@@H]2C[C@@H](C(=O)O)N(C2)C1=O.COC(=O)[C@@H]1C[C@@H]2CN1C(=O)[C@H](C(C)(C)C)NC(=O)OCC(F)(F)CCc1cccc(c1)-c1nc3ccccc3nc1O2. The Kier molecular flexibility index (Phi) is 17.5. The van der Waals surface area contributed by atoms with Crippen molar-refractivity contribution in [2.24, 2.45) is 10.8 Å². The van der Waals surface area contributed by atoms with Crippen LogP contribution >= 0.6 is 0 Å². The highest BCUT2D eigenvalue weighted by Gasteiger charge is 2.49. The van der Waals surface area contributed by atoms with Crippen LogP contribution in [0, 0.1) is 10.8 Å². The molecule has 0 saturated carbocycles. The van der Waals surface area contributed by atoms with Gasteiger partial charge in [0.05, 0.1) is 42.3 Å². The first kappa shape index (κ1) is 60.9. The summed E-state index contributed by atoms with van der Waals surface area (Å²) in [6.45, 7) is 7.66. The first-order valence-electron chi connectivity index (χ1n) is 27.7. The first-order chi connectivity index (χ1) is 40.1. The second-order valence-corrected chi connectivity index (χ2v) is 23.7. The van der Waals surface area contributed by atoms with Crippen LogP contribution in [0.4, 0.5) is 27.2 Å². The van der Waals surface area contributed by atoms with Crippen LogP contribution in [0.25, 0.3) is 44.6 Å². The van der Waals surface area contributed by atoms with Crippen molar-refractivity contribution in [3.8, 4) is 34.3 Å². The molecule has 2 saturated heterocycles. The number of aryl methyl sites for hydroxylation is 2. The molecule has 6 aromatic rings. The Morgan fingerprint density at radius 1 is 0.588 bits per heavy atom. The van der Waals surface area contributed by atoms with Gasteiger partial charge in [-0.1, -0.05) is 102 Å². The van der Waals surface area contributed by atoms with Crippen LogP contribution in [0.3, 0.4) is 0 Å². The van der Waals surface area contributed by atoms with Crippen molar-refractivity contribution in [1.82, 2.24) is 40.4 Å². The predicted molar refractivity (Wildman–Crippen MR) is 301 cm³/mol. The number of esters is 1. The lowest BCUT2D eigenvalue weighted by molar-refractivity contribution is -0.152. The summed E-state index contributed by atoms with van der Waals surface area (Å²) in [7, 11) is 1.22. The minimum absolute atomic E-state index is 0.00448. The molecule has 0 radical (unpaired) electrons. The standard InChI is InChI=1S/C31H34F2N4O6.C30H32F2N4O6/c1-30(2,3)25-27(38)37-16-20(15-23(37)28(39)41-4)43-26-24(34-21-10-5-6-11-22(21)35-26)19-9-7-8-18(14-19)12-13-31(32,33)17-42-29(40)36-25;1-29(2,3)24-26(37)36-15-19(14-22(36)27(38)39)42-25-23(33-20-9-4-5-10-21(20)34-25)18-8-6-7-17(13-18)11-12-30(31,32)16-41-28(40)35-24/h5-11,14,20,23,25H,12-13,15-17H2,1-4H3,(H,36,40);4-10,13,19,22,24H,11-12,14-16H2,1-3H3,(H,35,40)(H,38,39)/t20-,23+,25-;19-,22+,24-/m11/s1. The average Bonchev–Trinajstić information content (AvgIpc) is 2.86. The molecule has 6 atom stereocenters. The number of halogens is 4.